The molecule has 0 unspecified atom stereocenters. The average Bonchev–Trinajstić information content (AvgIpc) is 2.79. The molecule has 2 aromatic heterocycles. The highest BCUT2D eigenvalue weighted by molar-refractivity contribution is 6.33. The van der Waals surface area contributed by atoms with Gasteiger partial charge >= 0.3 is 0 Å². The molecule has 0 aliphatic carbocycles. The molecule has 20 heavy (non-hydrogen) atoms. The third kappa shape index (κ3) is 2.08. The number of pyridine rings is 1. The van der Waals surface area contributed by atoms with Gasteiger partial charge in [-0.2, -0.15) is 0 Å². The molecule has 2 heterocycles. The van der Waals surface area contributed by atoms with Crippen molar-refractivity contribution in [2.75, 3.05) is 12.3 Å². The number of ether oxygens (including phenoxy) is 1. The minimum absolute atomic E-state index is 0.576. The Balaban J connectivity index is 2.10. The summed E-state index contributed by atoms with van der Waals surface area (Å²) >= 11 is 6.14. The fourth-order valence-electron chi connectivity index (χ4n) is 2.14. The van der Waals surface area contributed by atoms with E-state index in [9.17, 15) is 0 Å². The van der Waals surface area contributed by atoms with Crippen LogP contribution >= 0.6 is 11.6 Å². The molecule has 0 aliphatic rings. The lowest BCUT2D eigenvalue weighted by atomic mass is 10.1. The second-order valence-electron chi connectivity index (χ2n) is 4.35. The lowest BCUT2D eigenvalue weighted by molar-refractivity contribution is 0.340. The van der Waals surface area contributed by atoms with E-state index in [1.165, 1.54) is 0 Å². The summed E-state index contributed by atoms with van der Waals surface area (Å²) in [4.78, 5) is 4.52. The van der Waals surface area contributed by atoms with Gasteiger partial charge < -0.3 is 10.5 Å². The van der Waals surface area contributed by atoms with E-state index >= 15 is 0 Å². The Kier molecular flexibility index (Phi) is 3.24. The van der Waals surface area contributed by atoms with Crippen LogP contribution in [0.15, 0.2) is 42.6 Å². The number of benzene rings is 1. The van der Waals surface area contributed by atoms with Crippen molar-refractivity contribution in [2.24, 2.45) is 0 Å². The number of hydrogen-bond donors (Lipinski definition) is 1. The van der Waals surface area contributed by atoms with Gasteiger partial charge in [-0.25, -0.2) is 4.98 Å². The molecule has 102 valence electrons. The van der Waals surface area contributed by atoms with Gasteiger partial charge in [0.1, 0.15) is 17.3 Å². The predicted octanol–water partition coefficient (Wildman–Crippen LogP) is 3.64. The Morgan fingerprint density at radius 3 is 2.65 bits per heavy atom. The molecule has 0 radical (unpaired) electrons. The Bertz CT molecular complexity index is 750. The number of aromatic nitrogens is 2. The molecule has 0 fully saturated rings. The minimum atomic E-state index is 0.576. The molecule has 0 aliphatic heterocycles. The zero-order chi connectivity index (χ0) is 14.1. The van der Waals surface area contributed by atoms with Gasteiger partial charge in [-0.15, -0.1) is 0 Å². The number of nitrogens with two attached hydrogens (primary N) is 1. The minimum Gasteiger partial charge on any atom is -0.494 e. The molecular weight excluding hydrogens is 274 g/mol. The van der Waals surface area contributed by atoms with Crippen molar-refractivity contribution in [3.8, 4) is 17.0 Å². The van der Waals surface area contributed by atoms with Crippen LogP contribution in [-0.2, 0) is 0 Å². The van der Waals surface area contributed by atoms with Crippen molar-refractivity contribution < 1.29 is 4.74 Å². The van der Waals surface area contributed by atoms with E-state index < -0.39 is 0 Å². The van der Waals surface area contributed by atoms with Gasteiger partial charge in [-0.3, -0.25) is 4.40 Å². The molecule has 0 spiro atoms. The Hall–Kier alpha value is -2.20. The van der Waals surface area contributed by atoms with Crippen LogP contribution in [0.3, 0.4) is 0 Å². The number of imidazole rings is 1. The summed E-state index contributed by atoms with van der Waals surface area (Å²) in [6, 6.07) is 11.3. The van der Waals surface area contributed by atoms with Gasteiger partial charge in [0.05, 0.1) is 11.6 Å². The lowest BCUT2D eigenvalue weighted by Crippen LogP contribution is -1.94. The maximum absolute atomic E-state index is 6.15. The van der Waals surface area contributed by atoms with Gasteiger partial charge in [0, 0.05) is 11.8 Å². The smallest absolute Gasteiger partial charge is 0.157 e. The highest BCUT2D eigenvalue weighted by Crippen LogP contribution is 2.30. The maximum Gasteiger partial charge on any atom is 0.157 e. The van der Waals surface area contributed by atoms with E-state index in [-0.39, 0.29) is 0 Å². The quantitative estimate of drug-likeness (QED) is 0.800. The number of fused-ring (bicyclic) bond motifs is 1. The van der Waals surface area contributed by atoms with E-state index in [0.29, 0.717) is 23.1 Å². The first kappa shape index (κ1) is 12.8. The van der Waals surface area contributed by atoms with E-state index in [0.717, 1.165) is 17.0 Å². The van der Waals surface area contributed by atoms with E-state index in [1.54, 1.807) is 10.5 Å². The topological polar surface area (TPSA) is 52.5 Å². The van der Waals surface area contributed by atoms with Crippen LogP contribution < -0.4 is 10.5 Å². The van der Waals surface area contributed by atoms with Crippen LogP contribution in [-0.4, -0.2) is 16.0 Å². The summed E-state index contributed by atoms with van der Waals surface area (Å²) < 4.78 is 7.21. The number of nitrogens with zero attached hydrogens (tertiary/aromatic N) is 2. The van der Waals surface area contributed by atoms with Crippen molar-refractivity contribution in [2.45, 2.75) is 6.92 Å². The largest absolute Gasteiger partial charge is 0.494 e. The third-order valence-electron chi connectivity index (χ3n) is 3.08. The molecular formula is C15H14ClN3O. The molecule has 4 nitrogen and oxygen atoms in total. The average molecular weight is 288 g/mol. The lowest BCUT2D eigenvalue weighted by Gasteiger charge is -2.04. The highest BCUT2D eigenvalue weighted by Gasteiger charge is 2.13. The fourth-order valence-corrected chi connectivity index (χ4v) is 2.35. The molecule has 0 atom stereocenters. The molecule has 1 aromatic carbocycles. The van der Waals surface area contributed by atoms with Crippen molar-refractivity contribution in [3.05, 3.63) is 47.6 Å². The van der Waals surface area contributed by atoms with Gasteiger partial charge in [0.15, 0.2) is 5.65 Å². The molecule has 5 heteroatoms. The molecule has 0 saturated carbocycles. The second-order valence-corrected chi connectivity index (χ2v) is 4.76. The number of hydrogen-bond acceptors (Lipinski definition) is 3. The van der Waals surface area contributed by atoms with Crippen LogP contribution in [0, 0.1) is 0 Å². The molecule has 0 saturated heterocycles. The van der Waals surface area contributed by atoms with Gasteiger partial charge in [-0.05, 0) is 43.3 Å². The Labute approximate surface area is 121 Å². The van der Waals surface area contributed by atoms with Crippen LogP contribution in [0.2, 0.25) is 5.02 Å². The number of anilines is 1. The monoisotopic (exact) mass is 287 g/mol. The van der Waals surface area contributed by atoms with E-state index in [1.807, 2.05) is 43.5 Å². The maximum atomic E-state index is 6.15. The fraction of sp³-hybridized carbons (Fsp3) is 0.133. The third-order valence-corrected chi connectivity index (χ3v) is 3.37. The first-order chi connectivity index (χ1) is 9.70. The summed E-state index contributed by atoms with van der Waals surface area (Å²) in [5.41, 5.74) is 8.47. The standard InChI is InChI=1S/C15H14ClN3O/c1-2-20-11-7-5-10(6-8-11)13-14(17)19-9-3-4-12(16)15(19)18-13/h3-9H,2,17H2,1H3. The second kappa shape index (κ2) is 5.06. The summed E-state index contributed by atoms with van der Waals surface area (Å²) in [6.45, 7) is 2.60. The summed E-state index contributed by atoms with van der Waals surface area (Å²) in [5, 5.41) is 0.580. The van der Waals surface area contributed by atoms with Crippen LogP contribution in [0.4, 0.5) is 5.82 Å². The summed E-state index contributed by atoms with van der Waals surface area (Å²) in [7, 11) is 0. The van der Waals surface area contributed by atoms with Crippen molar-refractivity contribution >= 4 is 23.1 Å². The van der Waals surface area contributed by atoms with Crippen molar-refractivity contribution in [1.82, 2.24) is 9.38 Å². The number of rotatable bonds is 3. The van der Waals surface area contributed by atoms with Gasteiger partial charge in [0.2, 0.25) is 0 Å². The molecule has 0 amide bonds. The summed E-state index contributed by atoms with van der Waals surface area (Å²) in [6.07, 6.45) is 1.85. The Morgan fingerprint density at radius 1 is 1.25 bits per heavy atom. The van der Waals surface area contributed by atoms with Gasteiger partial charge in [0.25, 0.3) is 0 Å². The first-order valence-corrected chi connectivity index (χ1v) is 6.73. The predicted molar refractivity (Wildman–Crippen MR) is 81.2 cm³/mol. The zero-order valence-electron chi connectivity index (χ0n) is 11.0. The zero-order valence-corrected chi connectivity index (χ0v) is 11.8. The normalized spacial score (nSPS) is 10.9. The molecule has 3 aromatic rings. The number of nitrogen functional groups attached to an aromatic ring is 1. The van der Waals surface area contributed by atoms with Crippen molar-refractivity contribution in [1.29, 1.82) is 0 Å². The van der Waals surface area contributed by atoms with Gasteiger partial charge in [-0.1, -0.05) is 11.6 Å². The molecule has 2 N–H and O–H groups in total. The van der Waals surface area contributed by atoms with Crippen molar-refractivity contribution in [3.63, 3.8) is 0 Å². The van der Waals surface area contributed by atoms with E-state index in [2.05, 4.69) is 4.98 Å². The van der Waals surface area contributed by atoms with Crippen LogP contribution in [0.5, 0.6) is 5.75 Å². The molecule has 0 bridgehead atoms. The first-order valence-electron chi connectivity index (χ1n) is 6.36. The van der Waals surface area contributed by atoms with Crippen LogP contribution in [0.1, 0.15) is 6.92 Å². The Morgan fingerprint density at radius 2 is 2.00 bits per heavy atom. The van der Waals surface area contributed by atoms with E-state index in [4.69, 9.17) is 22.1 Å². The van der Waals surface area contributed by atoms with Crippen LogP contribution in [0.25, 0.3) is 16.9 Å². The molecule has 3 rings (SSSR count). The highest BCUT2D eigenvalue weighted by atomic mass is 35.5. The number of halogens is 1. The summed E-state index contributed by atoms with van der Waals surface area (Å²) in [5.74, 6) is 1.41. The SMILES string of the molecule is CCOc1ccc(-c2nc3c(Cl)cccn3c2N)cc1.